The molecule has 6 heteroatoms. The predicted molar refractivity (Wildman–Crippen MR) is 64.3 cm³/mol. The number of aryl methyl sites for hydroxylation is 1. The number of hydrogen-bond acceptors (Lipinski definition) is 4. The zero-order chi connectivity index (χ0) is 12.7. The molecule has 0 unspecified atom stereocenters. The van der Waals surface area contributed by atoms with Crippen LogP contribution in [0.1, 0.15) is 16.8 Å². The molecule has 2 rings (SSSR count). The van der Waals surface area contributed by atoms with Crippen molar-refractivity contribution in [1.29, 1.82) is 0 Å². The van der Waals surface area contributed by atoms with Crippen LogP contribution in [-0.4, -0.2) is 38.7 Å². The lowest BCUT2D eigenvalue weighted by Gasteiger charge is -2.08. The van der Waals surface area contributed by atoms with E-state index in [-0.39, 0.29) is 17.0 Å². The number of fused-ring (bicyclic) bond motifs is 1. The van der Waals surface area contributed by atoms with Crippen molar-refractivity contribution >= 4 is 5.65 Å². The SMILES string of the molecule is Cc1nn2c(O)c(C)c(=O)[nH]c2c1CN(C)C. The minimum absolute atomic E-state index is 0.100. The van der Waals surface area contributed by atoms with Crippen LogP contribution in [0.15, 0.2) is 4.79 Å². The summed E-state index contributed by atoms with van der Waals surface area (Å²) in [7, 11) is 3.88. The van der Waals surface area contributed by atoms with Crippen LogP contribution in [-0.2, 0) is 6.54 Å². The van der Waals surface area contributed by atoms with E-state index in [1.54, 1.807) is 6.92 Å². The van der Waals surface area contributed by atoms with Gasteiger partial charge in [-0.3, -0.25) is 4.79 Å². The summed E-state index contributed by atoms with van der Waals surface area (Å²) < 4.78 is 1.38. The van der Waals surface area contributed by atoms with Gasteiger partial charge < -0.3 is 15.0 Å². The van der Waals surface area contributed by atoms with Gasteiger partial charge in [0, 0.05) is 12.1 Å². The average molecular weight is 236 g/mol. The van der Waals surface area contributed by atoms with Crippen LogP contribution in [0, 0.1) is 13.8 Å². The van der Waals surface area contributed by atoms with Gasteiger partial charge in [-0.15, -0.1) is 0 Å². The van der Waals surface area contributed by atoms with Gasteiger partial charge in [0.05, 0.1) is 11.3 Å². The Morgan fingerprint density at radius 3 is 2.65 bits per heavy atom. The zero-order valence-electron chi connectivity index (χ0n) is 10.4. The van der Waals surface area contributed by atoms with Crippen molar-refractivity contribution in [3.8, 4) is 5.88 Å². The van der Waals surface area contributed by atoms with Gasteiger partial charge in [0.2, 0.25) is 5.88 Å². The number of aromatic nitrogens is 3. The maximum absolute atomic E-state index is 11.6. The molecule has 0 amide bonds. The molecule has 0 bridgehead atoms. The molecule has 0 aliphatic heterocycles. The molecule has 0 saturated heterocycles. The first-order valence-corrected chi connectivity index (χ1v) is 5.36. The quantitative estimate of drug-likeness (QED) is 0.792. The van der Waals surface area contributed by atoms with Crippen molar-refractivity contribution < 1.29 is 5.11 Å². The summed E-state index contributed by atoms with van der Waals surface area (Å²) in [5.41, 5.74) is 2.27. The van der Waals surface area contributed by atoms with Crippen molar-refractivity contribution in [3.05, 3.63) is 27.2 Å². The fraction of sp³-hybridized carbons (Fsp3) is 0.455. The van der Waals surface area contributed by atoms with Gasteiger partial charge in [-0.1, -0.05) is 0 Å². The molecule has 17 heavy (non-hydrogen) atoms. The van der Waals surface area contributed by atoms with Crippen molar-refractivity contribution in [2.75, 3.05) is 14.1 Å². The monoisotopic (exact) mass is 236 g/mol. The van der Waals surface area contributed by atoms with E-state index in [1.165, 1.54) is 4.52 Å². The van der Waals surface area contributed by atoms with E-state index < -0.39 is 0 Å². The lowest BCUT2D eigenvalue weighted by molar-refractivity contribution is 0.402. The molecule has 0 spiro atoms. The fourth-order valence-corrected chi connectivity index (χ4v) is 1.81. The zero-order valence-corrected chi connectivity index (χ0v) is 10.4. The Balaban J connectivity index is 2.78. The molecule has 0 aliphatic carbocycles. The summed E-state index contributed by atoms with van der Waals surface area (Å²) >= 11 is 0. The Bertz CT molecular complexity index is 624. The van der Waals surface area contributed by atoms with Gasteiger partial charge in [-0.25, -0.2) is 0 Å². The molecule has 2 aromatic heterocycles. The van der Waals surface area contributed by atoms with Crippen molar-refractivity contribution in [2.45, 2.75) is 20.4 Å². The van der Waals surface area contributed by atoms with Gasteiger partial charge in [0.25, 0.3) is 5.56 Å². The third kappa shape index (κ3) is 1.80. The number of rotatable bonds is 2. The van der Waals surface area contributed by atoms with Crippen LogP contribution in [0.2, 0.25) is 0 Å². The summed E-state index contributed by atoms with van der Waals surface area (Å²) in [4.78, 5) is 16.4. The molecular weight excluding hydrogens is 220 g/mol. The number of aromatic hydroxyl groups is 1. The molecule has 92 valence electrons. The normalized spacial score (nSPS) is 11.6. The molecule has 0 aromatic carbocycles. The van der Waals surface area contributed by atoms with E-state index in [2.05, 4.69) is 10.1 Å². The van der Waals surface area contributed by atoms with Crippen LogP contribution in [0.3, 0.4) is 0 Å². The van der Waals surface area contributed by atoms with E-state index in [0.717, 1.165) is 11.3 Å². The Hall–Kier alpha value is -1.82. The summed E-state index contributed by atoms with van der Waals surface area (Å²) in [6.07, 6.45) is 0. The first kappa shape index (κ1) is 11.7. The van der Waals surface area contributed by atoms with Gasteiger partial charge in [0.1, 0.15) is 5.65 Å². The second-order valence-corrected chi connectivity index (χ2v) is 4.46. The topological polar surface area (TPSA) is 73.6 Å². The second-order valence-electron chi connectivity index (χ2n) is 4.46. The second kappa shape index (κ2) is 3.89. The minimum Gasteiger partial charge on any atom is -0.493 e. The predicted octanol–water partition coefficient (Wildman–Crippen LogP) is 0.407. The van der Waals surface area contributed by atoms with Gasteiger partial charge >= 0.3 is 0 Å². The Kier molecular flexibility index (Phi) is 2.66. The highest BCUT2D eigenvalue weighted by molar-refractivity contribution is 5.52. The third-order valence-electron chi connectivity index (χ3n) is 2.77. The highest BCUT2D eigenvalue weighted by Crippen LogP contribution is 2.19. The summed E-state index contributed by atoms with van der Waals surface area (Å²) in [5.74, 6) is -0.100. The van der Waals surface area contributed by atoms with Crippen LogP contribution in [0.5, 0.6) is 5.88 Å². The van der Waals surface area contributed by atoms with Crippen molar-refractivity contribution in [2.24, 2.45) is 0 Å². The van der Waals surface area contributed by atoms with E-state index in [0.29, 0.717) is 12.2 Å². The molecule has 6 nitrogen and oxygen atoms in total. The molecule has 2 heterocycles. The summed E-state index contributed by atoms with van der Waals surface area (Å²) in [6, 6.07) is 0. The Morgan fingerprint density at radius 1 is 1.41 bits per heavy atom. The molecule has 2 aromatic rings. The van der Waals surface area contributed by atoms with Gasteiger partial charge in [-0.2, -0.15) is 9.61 Å². The van der Waals surface area contributed by atoms with Gasteiger partial charge in [-0.05, 0) is 27.9 Å². The third-order valence-corrected chi connectivity index (χ3v) is 2.77. The highest BCUT2D eigenvalue weighted by Gasteiger charge is 2.16. The van der Waals surface area contributed by atoms with E-state index in [4.69, 9.17) is 0 Å². The van der Waals surface area contributed by atoms with E-state index >= 15 is 0 Å². The van der Waals surface area contributed by atoms with Crippen LogP contribution in [0.25, 0.3) is 5.65 Å². The van der Waals surface area contributed by atoms with Gasteiger partial charge in [0.15, 0.2) is 0 Å². The largest absolute Gasteiger partial charge is 0.493 e. The number of nitrogens with one attached hydrogen (secondary N) is 1. The first-order valence-electron chi connectivity index (χ1n) is 5.36. The molecular formula is C11H16N4O2. The molecule has 0 radical (unpaired) electrons. The Labute approximate surface area is 98.5 Å². The molecule has 0 atom stereocenters. The van der Waals surface area contributed by atoms with Crippen LogP contribution < -0.4 is 5.56 Å². The summed E-state index contributed by atoms with van der Waals surface area (Å²) in [5, 5.41) is 14.1. The van der Waals surface area contributed by atoms with E-state index in [1.807, 2.05) is 25.9 Å². The average Bonchev–Trinajstić information content (AvgIpc) is 2.53. The van der Waals surface area contributed by atoms with Crippen molar-refractivity contribution in [1.82, 2.24) is 19.5 Å². The number of nitrogens with zero attached hydrogens (tertiary/aromatic N) is 3. The minimum atomic E-state index is -0.282. The standard InChI is InChI=1S/C11H16N4O2/c1-6-10(16)12-9-8(5-14(3)4)7(2)13-15(9)11(6)17/h17H,5H2,1-4H3,(H,12,16). The molecule has 0 saturated carbocycles. The van der Waals surface area contributed by atoms with Crippen LogP contribution in [0.4, 0.5) is 0 Å². The summed E-state index contributed by atoms with van der Waals surface area (Å²) in [6.45, 7) is 4.09. The molecule has 0 aliphatic rings. The maximum atomic E-state index is 11.6. The molecule has 2 N–H and O–H groups in total. The fourth-order valence-electron chi connectivity index (χ4n) is 1.81. The highest BCUT2D eigenvalue weighted by atomic mass is 16.3. The van der Waals surface area contributed by atoms with Crippen LogP contribution >= 0.6 is 0 Å². The smallest absolute Gasteiger partial charge is 0.257 e. The number of aromatic amines is 1. The first-order chi connectivity index (χ1) is 7.91. The van der Waals surface area contributed by atoms with E-state index in [9.17, 15) is 9.90 Å². The number of hydrogen-bond donors (Lipinski definition) is 2. The molecule has 0 fully saturated rings. The Morgan fingerprint density at radius 2 is 2.06 bits per heavy atom. The lowest BCUT2D eigenvalue weighted by atomic mass is 10.2. The number of H-pyrrole nitrogens is 1. The maximum Gasteiger partial charge on any atom is 0.257 e. The van der Waals surface area contributed by atoms with Crippen molar-refractivity contribution in [3.63, 3.8) is 0 Å². The lowest BCUT2D eigenvalue weighted by Crippen LogP contribution is -2.15.